The standard InChI is InChI=1S/C25H30ClN3O4S/c1-5-31-19-14-17(15-20(32-6-2)22(19)33-7-3)24(30)28-10-12-29(13-11-28)25-27-21-16(4)8-9-18(26)23(21)34-25/h8-9,14-15H,5-7,10-13H2,1-4H3. The fourth-order valence-electron chi connectivity index (χ4n) is 4.02. The van der Waals surface area contributed by atoms with Gasteiger partial charge in [-0.25, -0.2) is 4.98 Å². The van der Waals surface area contributed by atoms with Crippen LogP contribution in [-0.2, 0) is 0 Å². The maximum Gasteiger partial charge on any atom is 0.254 e. The number of halogens is 1. The number of ether oxygens (including phenoxy) is 3. The molecule has 7 nitrogen and oxygen atoms in total. The van der Waals surface area contributed by atoms with E-state index in [4.69, 9.17) is 30.8 Å². The Morgan fingerprint density at radius 3 is 2.18 bits per heavy atom. The minimum atomic E-state index is -0.0483. The zero-order valence-electron chi connectivity index (χ0n) is 20.0. The van der Waals surface area contributed by atoms with Gasteiger partial charge in [-0.15, -0.1) is 0 Å². The molecular weight excluding hydrogens is 474 g/mol. The molecule has 9 heteroatoms. The van der Waals surface area contributed by atoms with Gasteiger partial charge in [-0.1, -0.05) is 29.0 Å². The number of thiazole rings is 1. The lowest BCUT2D eigenvalue weighted by Crippen LogP contribution is -2.48. The molecule has 1 saturated heterocycles. The summed E-state index contributed by atoms with van der Waals surface area (Å²) >= 11 is 7.99. The molecule has 4 rings (SSSR count). The van der Waals surface area contributed by atoms with Crippen molar-refractivity contribution in [2.45, 2.75) is 27.7 Å². The lowest BCUT2D eigenvalue weighted by Gasteiger charge is -2.34. The molecule has 1 aromatic heterocycles. The molecule has 0 aliphatic carbocycles. The van der Waals surface area contributed by atoms with Gasteiger partial charge in [0.15, 0.2) is 16.6 Å². The van der Waals surface area contributed by atoms with Crippen LogP contribution in [0.1, 0.15) is 36.7 Å². The molecular formula is C25H30ClN3O4S. The SMILES string of the molecule is CCOc1cc(C(=O)N2CCN(c3nc4c(C)ccc(Cl)c4s3)CC2)cc(OCC)c1OCC. The number of hydrogen-bond donors (Lipinski definition) is 0. The van der Waals surface area contributed by atoms with Crippen LogP contribution in [0.15, 0.2) is 24.3 Å². The third-order valence-electron chi connectivity index (χ3n) is 5.68. The summed E-state index contributed by atoms with van der Waals surface area (Å²) in [6, 6.07) is 7.42. The van der Waals surface area contributed by atoms with Gasteiger partial charge in [0.2, 0.25) is 5.75 Å². The highest BCUT2D eigenvalue weighted by molar-refractivity contribution is 7.22. The van der Waals surface area contributed by atoms with E-state index in [0.717, 1.165) is 25.9 Å². The Morgan fingerprint density at radius 2 is 1.62 bits per heavy atom. The minimum Gasteiger partial charge on any atom is -0.490 e. The number of nitrogens with zero attached hydrogens (tertiary/aromatic N) is 3. The normalized spacial score (nSPS) is 13.9. The number of benzene rings is 2. The van der Waals surface area contributed by atoms with E-state index in [1.54, 1.807) is 23.5 Å². The molecule has 0 N–H and O–H groups in total. The van der Waals surface area contributed by atoms with E-state index in [2.05, 4.69) is 4.90 Å². The van der Waals surface area contributed by atoms with Crippen LogP contribution in [0.2, 0.25) is 5.02 Å². The van der Waals surface area contributed by atoms with Gasteiger partial charge in [0.25, 0.3) is 5.91 Å². The molecule has 0 spiro atoms. The van der Waals surface area contributed by atoms with Crippen LogP contribution in [0.3, 0.4) is 0 Å². The number of aryl methyl sites for hydroxylation is 1. The number of rotatable bonds is 8. The molecule has 2 heterocycles. The molecule has 1 aliphatic rings. The predicted molar refractivity (Wildman–Crippen MR) is 137 cm³/mol. The van der Waals surface area contributed by atoms with Gasteiger partial charge in [0.05, 0.1) is 35.1 Å². The van der Waals surface area contributed by atoms with Crippen molar-refractivity contribution < 1.29 is 19.0 Å². The highest BCUT2D eigenvalue weighted by atomic mass is 35.5. The molecule has 182 valence electrons. The van der Waals surface area contributed by atoms with Crippen molar-refractivity contribution >= 4 is 44.2 Å². The number of anilines is 1. The first kappa shape index (κ1) is 24.4. The van der Waals surface area contributed by atoms with Crippen LogP contribution in [0.25, 0.3) is 10.2 Å². The highest BCUT2D eigenvalue weighted by Gasteiger charge is 2.26. The lowest BCUT2D eigenvalue weighted by atomic mass is 10.1. The second-order valence-electron chi connectivity index (χ2n) is 7.92. The van der Waals surface area contributed by atoms with E-state index in [1.807, 2.05) is 44.7 Å². The van der Waals surface area contributed by atoms with Gasteiger partial charge in [0, 0.05) is 31.7 Å². The summed E-state index contributed by atoms with van der Waals surface area (Å²) in [7, 11) is 0. The Morgan fingerprint density at radius 1 is 1.00 bits per heavy atom. The van der Waals surface area contributed by atoms with Gasteiger partial charge < -0.3 is 24.0 Å². The summed E-state index contributed by atoms with van der Waals surface area (Å²) < 4.78 is 18.3. The second kappa shape index (κ2) is 10.7. The van der Waals surface area contributed by atoms with Gasteiger partial charge in [-0.2, -0.15) is 0 Å². The molecule has 2 aromatic carbocycles. The molecule has 0 unspecified atom stereocenters. The van der Waals surface area contributed by atoms with Crippen molar-refractivity contribution in [1.82, 2.24) is 9.88 Å². The number of carbonyl (C=O) groups is 1. The summed E-state index contributed by atoms with van der Waals surface area (Å²) in [5.41, 5.74) is 2.60. The van der Waals surface area contributed by atoms with Crippen molar-refractivity contribution in [3.63, 3.8) is 0 Å². The van der Waals surface area contributed by atoms with E-state index >= 15 is 0 Å². The molecule has 1 amide bonds. The van der Waals surface area contributed by atoms with Crippen molar-refractivity contribution in [2.75, 3.05) is 50.9 Å². The summed E-state index contributed by atoms with van der Waals surface area (Å²) in [6.45, 7) is 11.8. The summed E-state index contributed by atoms with van der Waals surface area (Å²) in [4.78, 5) is 22.3. The van der Waals surface area contributed by atoms with Crippen molar-refractivity contribution in [3.05, 3.63) is 40.4 Å². The van der Waals surface area contributed by atoms with Gasteiger partial charge in [0.1, 0.15) is 0 Å². The first-order valence-electron chi connectivity index (χ1n) is 11.6. The van der Waals surface area contributed by atoms with Crippen LogP contribution in [0.5, 0.6) is 17.2 Å². The molecule has 3 aromatic rings. The molecule has 0 bridgehead atoms. The number of piperazine rings is 1. The topological polar surface area (TPSA) is 64.1 Å². The number of fused-ring (bicyclic) bond motifs is 1. The average Bonchev–Trinajstić information content (AvgIpc) is 3.30. The van der Waals surface area contributed by atoms with E-state index < -0.39 is 0 Å². The zero-order valence-corrected chi connectivity index (χ0v) is 21.6. The van der Waals surface area contributed by atoms with Crippen LogP contribution >= 0.6 is 22.9 Å². The Labute approximate surface area is 209 Å². The molecule has 1 aliphatic heterocycles. The van der Waals surface area contributed by atoms with Crippen LogP contribution in [0.4, 0.5) is 5.13 Å². The quantitative estimate of drug-likeness (QED) is 0.409. The maximum atomic E-state index is 13.4. The van der Waals surface area contributed by atoms with Crippen molar-refractivity contribution in [2.24, 2.45) is 0 Å². The molecule has 0 saturated carbocycles. The van der Waals surface area contributed by atoms with Gasteiger partial charge >= 0.3 is 0 Å². The molecule has 0 atom stereocenters. The Hall–Kier alpha value is -2.71. The van der Waals surface area contributed by atoms with E-state index in [0.29, 0.717) is 68.8 Å². The Kier molecular flexibility index (Phi) is 7.68. The lowest BCUT2D eigenvalue weighted by molar-refractivity contribution is 0.0745. The first-order valence-corrected chi connectivity index (χ1v) is 12.8. The third-order valence-corrected chi connectivity index (χ3v) is 7.26. The van der Waals surface area contributed by atoms with E-state index in [1.165, 1.54) is 0 Å². The Bertz CT molecular complexity index is 1110. The van der Waals surface area contributed by atoms with Gasteiger partial charge in [-0.3, -0.25) is 4.79 Å². The van der Waals surface area contributed by atoms with E-state index in [-0.39, 0.29) is 5.91 Å². The summed E-state index contributed by atoms with van der Waals surface area (Å²) in [5, 5.41) is 1.67. The summed E-state index contributed by atoms with van der Waals surface area (Å²) in [6.07, 6.45) is 0. The largest absolute Gasteiger partial charge is 0.490 e. The maximum absolute atomic E-state index is 13.4. The van der Waals surface area contributed by atoms with Gasteiger partial charge in [-0.05, 0) is 51.5 Å². The predicted octanol–water partition coefficient (Wildman–Crippen LogP) is 5.42. The fourth-order valence-corrected chi connectivity index (χ4v) is 5.39. The number of aromatic nitrogens is 1. The number of amides is 1. The summed E-state index contributed by atoms with van der Waals surface area (Å²) in [5.74, 6) is 1.54. The van der Waals surface area contributed by atoms with Crippen molar-refractivity contribution in [3.8, 4) is 17.2 Å². The first-order chi connectivity index (χ1) is 16.5. The zero-order chi connectivity index (χ0) is 24.2. The van der Waals surface area contributed by atoms with Crippen molar-refractivity contribution in [1.29, 1.82) is 0 Å². The molecule has 0 radical (unpaired) electrons. The van der Waals surface area contributed by atoms with Crippen LogP contribution in [-0.4, -0.2) is 61.8 Å². The second-order valence-corrected chi connectivity index (χ2v) is 9.30. The highest BCUT2D eigenvalue weighted by Crippen LogP contribution is 2.40. The third kappa shape index (κ3) is 4.88. The number of carbonyl (C=O) groups excluding carboxylic acids is 1. The number of hydrogen-bond acceptors (Lipinski definition) is 7. The van der Waals surface area contributed by atoms with E-state index in [9.17, 15) is 4.79 Å². The minimum absolute atomic E-state index is 0.0483. The smallest absolute Gasteiger partial charge is 0.254 e. The molecule has 1 fully saturated rings. The van der Waals surface area contributed by atoms with Crippen LogP contribution < -0.4 is 19.1 Å². The monoisotopic (exact) mass is 503 g/mol. The van der Waals surface area contributed by atoms with Crippen LogP contribution in [0, 0.1) is 6.92 Å². The molecule has 34 heavy (non-hydrogen) atoms. The Balaban J connectivity index is 1.52. The average molecular weight is 504 g/mol. The fraction of sp³-hybridized carbons (Fsp3) is 0.440.